The van der Waals surface area contributed by atoms with Gasteiger partial charge in [0, 0.05) is 12.1 Å². The molecule has 1 aromatic heterocycles. The number of rotatable bonds is 3. The van der Waals surface area contributed by atoms with Crippen molar-refractivity contribution in [2.75, 3.05) is 7.05 Å². The van der Waals surface area contributed by atoms with Crippen LogP contribution in [-0.4, -0.2) is 17.2 Å². The van der Waals surface area contributed by atoms with E-state index in [1.54, 1.807) is 18.2 Å². The van der Waals surface area contributed by atoms with Gasteiger partial charge in [-0.3, -0.25) is 0 Å². The molecule has 0 saturated carbocycles. The van der Waals surface area contributed by atoms with Gasteiger partial charge in [0.25, 0.3) is 0 Å². The highest BCUT2D eigenvalue weighted by atomic mass is 79.9. The lowest BCUT2D eigenvalue weighted by Gasteiger charge is -1.99. The minimum Gasteiger partial charge on any atom is -0.313 e. The molecule has 1 N–H and O–H groups in total. The molecule has 0 atom stereocenters. The van der Waals surface area contributed by atoms with Crippen LogP contribution in [0.25, 0.3) is 10.6 Å². The summed E-state index contributed by atoms with van der Waals surface area (Å²) < 4.78 is 14.2. The SMILES string of the molecule is CNCc1nnc(-c2cccc(Br)c2F)s1. The molecule has 84 valence electrons. The Hall–Kier alpha value is -0.850. The van der Waals surface area contributed by atoms with E-state index in [9.17, 15) is 4.39 Å². The first-order valence-corrected chi connectivity index (χ1v) is 6.24. The van der Waals surface area contributed by atoms with Crippen LogP contribution in [0.15, 0.2) is 22.7 Å². The first-order valence-electron chi connectivity index (χ1n) is 4.63. The molecule has 0 unspecified atom stereocenters. The van der Waals surface area contributed by atoms with Crippen LogP contribution >= 0.6 is 27.3 Å². The second-order valence-corrected chi connectivity index (χ2v) is 5.05. The van der Waals surface area contributed by atoms with Gasteiger partial charge in [-0.15, -0.1) is 10.2 Å². The molecule has 0 amide bonds. The molecule has 0 radical (unpaired) electrons. The first-order chi connectivity index (χ1) is 7.72. The summed E-state index contributed by atoms with van der Waals surface area (Å²) in [6.07, 6.45) is 0. The van der Waals surface area contributed by atoms with E-state index in [2.05, 4.69) is 31.4 Å². The Morgan fingerprint density at radius 3 is 3.00 bits per heavy atom. The minimum absolute atomic E-state index is 0.297. The summed E-state index contributed by atoms with van der Waals surface area (Å²) in [4.78, 5) is 0. The number of hydrogen-bond donors (Lipinski definition) is 1. The van der Waals surface area contributed by atoms with Crippen LogP contribution in [0.2, 0.25) is 0 Å². The van der Waals surface area contributed by atoms with Crippen molar-refractivity contribution in [1.29, 1.82) is 0 Å². The Kier molecular flexibility index (Phi) is 3.63. The fourth-order valence-corrected chi connectivity index (χ4v) is 2.49. The molecule has 1 heterocycles. The van der Waals surface area contributed by atoms with Gasteiger partial charge in [0.15, 0.2) is 5.01 Å². The summed E-state index contributed by atoms with van der Waals surface area (Å²) in [5.74, 6) is -0.297. The maximum Gasteiger partial charge on any atom is 0.150 e. The maximum absolute atomic E-state index is 13.8. The van der Waals surface area contributed by atoms with Crippen LogP contribution < -0.4 is 5.32 Å². The zero-order chi connectivity index (χ0) is 11.5. The number of nitrogens with one attached hydrogen (secondary N) is 1. The zero-order valence-electron chi connectivity index (χ0n) is 8.50. The van der Waals surface area contributed by atoms with Crippen molar-refractivity contribution >= 4 is 27.3 Å². The van der Waals surface area contributed by atoms with Gasteiger partial charge in [0.1, 0.15) is 10.8 Å². The van der Waals surface area contributed by atoms with Gasteiger partial charge in [0.2, 0.25) is 0 Å². The van der Waals surface area contributed by atoms with Crippen molar-refractivity contribution in [1.82, 2.24) is 15.5 Å². The molecule has 2 rings (SSSR count). The van der Waals surface area contributed by atoms with E-state index in [1.165, 1.54) is 11.3 Å². The van der Waals surface area contributed by atoms with E-state index in [4.69, 9.17) is 0 Å². The van der Waals surface area contributed by atoms with Crippen molar-refractivity contribution in [3.05, 3.63) is 33.5 Å². The van der Waals surface area contributed by atoms with Crippen molar-refractivity contribution < 1.29 is 4.39 Å². The maximum atomic E-state index is 13.8. The highest BCUT2D eigenvalue weighted by Gasteiger charge is 2.12. The Balaban J connectivity index is 2.39. The first kappa shape index (κ1) is 11.6. The number of halogens is 2. The Morgan fingerprint density at radius 1 is 1.44 bits per heavy atom. The highest BCUT2D eigenvalue weighted by molar-refractivity contribution is 9.10. The van der Waals surface area contributed by atoms with Crippen molar-refractivity contribution in [3.8, 4) is 10.6 Å². The van der Waals surface area contributed by atoms with Gasteiger partial charge in [-0.1, -0.05) is 17.4 Å². The Bertz CT molecular complexity index is 501. The van der Waals surface area contributed by atoms with E-state index in [0.717, 1.165) is 5.01 Å². The predicted octanol–water partition coefficient (Wildman–Crippen LogP) is 2.83. The van der Waals surface area contributed by atoms with Gasteiger partial charge in [-0.25, -0.2) is 4.39 Å². The predicted molar refractivity (Wildman–Crippen MR) is 65.8 cm³/mol. The van der Waals surface area contributed by atoms with Crippen LogP contribution in [0.1, 0.15) is 5.01 Å². The molecule has 0 saturated heterocycles. The van der Waals surface area contributed by atoms with Gasteiger partial charge in [-0.2, -0.15) is 0 Å². The van der Waals surface area contributed by atoms with Crippen LogP contribution in [0.5, 0.6) is 0 Å². The number of aromatic nitrogens is 2. The van der Waals surface area contributed by atoms with Crippen molar-refractivity contribution in [3.63, 3.8) is 0 Å². The van der Waals surface area contributed by atoms with E-state index in [1.807, 2.05) is 7.05 Å². The monoisotopic (exact) mass is 301 g/mol. The Morgan fingerprint density at radius 2 is 2.25 bits per heavy atom. The summed E-state index contributed by atoms with van der Waals surface area (Å²) in [7, 11) is 1.83. The number of benzene rings is 1. The average Bonchev–Trinajstić information content (AvgIpc) is 2.71. The summed E-state index contributed by atoms with van der Waals surface area (Å²) in [6, 6.07) is 5.14. The fourth-order valence-electron chi connectivity index (χ4n) is 1.25. The second kappa shape index (κ2) is 4.99. The molecule has 2 aromatic rings. The normalized spacial score (nSPS) is 10.7. The molecule has 6 heteroatoms. The van der Waals surface area contributed by atoms with Crippen LogP contribution in [0, 0.1) is 5.82 Å². The highest BCUT2D eigenvalue weighted by Crippen LogP contribution is 2.29. The largest absolute Gasteiger partial charge is 0.313 e. The molecular weight excluding hydrogens is 293 g/mol. The second-order valence-electron chi connectivity index (χ2n) is 3.13. The van der Waals surface area contributed by atoms with E-state index >= 15 is 0 Å². The fraction of sp³-hybridized carbons (Fsp3) is 0.200. The van der Waals surface area contributed by atoms with Gasteiger partial charge < -0.3 is 5.32 Å². The minimum atomic E-state index is -0.297. The molecule has 0 aliphatic carbocycles. The van der Waals surface area contributed by atoms with Gasteiger partial charge in [0.05, 0.1) is 4.47 Å². The average molecular weight is 302 g/mol. The molecule has 0 aliphatic heterocycles. The molecule has 3 nitrogen and oxygen atoms in total. The lowest BCUT2D eigenvalue weighted by Crippen LogP contribution is -2.04. The summed E-state index contributed by atoms with van der Waals surface area (Å²) in [5, 5.41) is 12.4. The molecule has 0 bridgehead atoms. The van der Waals surface area contributed by atoms with Crippen LogP contribution in [0.3, 0.4) is 0 Å². The van der Waals surface area contributed by atoms with E-state index in [-0.39, 0.29) is 5.82 Å². The molecule has 16 heavy (non-hydrogen) atoms. The summed E-state index contributed by atoms with van der Waals surface area (Å²) in [6.45, 7) is 0.646. The lowest BCUT2D eigenvalue weighted by molar-refractivity contribution is 0.624. The van der Waals surface area contributed by atoms with Crippen LogP contribution in [0.4, 0.5) is 4.39 Å². The standard InChI is InChI=1S/C10H9BrFN3S/c1-13-5-8-14-15-10(16-8)6-3-2-4-7(11)9(6)12/h2-4,13H,5H2,1H3. The quantitative estimate of drug-likeness (QED) is 0.947. The van der Waals surface area contributed by atoms with Crippen LogP contribution in [-0.2, 0) is 6.54 Å². The van der Waals surface area contributed by atoms with E-state index < -0.39 is 0 Å². The summed E-state index contributed by atoms with van der Waals surface area (Å²) >= 11 is 4.54. The van der Waals surface area contributed by atoms with Gasteiger partial charge >= 0.3 is 0 Å². The zero-order valence-corrected chi connectivity index (χ0v) is 10.9. The summed E-state index contributed by atoms with van der Waals surface area (Å²) in [5.41, 5.74) is 0.481. The third-order valence-corrected chi connectivity index (χ3v) is 3.55. The molecule has 0 spiro atoms. The van der Waals surface area contributed by atoms with Crippen molar-refractivity contribution in [2.24, 2.45) is 0 Å². The Labute approximate surface area is 105 Å². The lowest BCUT2D eigenvalue weighted by atomic mass is 10.2. The molecule has 0 aliphatic rings. The van der Waals surface area contributed by atoms with Gasteiger partial charge in [-0.05, 0) is 35.1 Å². The number of nitrogens with zero attached hydrogens (tertiary/aromatic N) is 2. The molecule has 1 aromatic carbocycles. The van der Waals surface area contributed by atoms with E-state index in [0.29, 0.717) is 21.6 Å². The third kappa shape index (κ3) is 2.28. The number of hydrogen-bond acceptors (Lipinski definition) is 4. The molecule has 0 fully saturated rings. The third-order valence-electron chi connectivity index (χ3n) is 1.98. The molecular formula is C10H9BrFN3S. The topological polar surface area (TPSA) is 37.8 Å². The smallest absolute Gasteiger partial charge is 0.150 e. The van der Waals surface area contributed by atoms with Crippen molar-refractivity contribution in [2.45, 2.75) is 6.54 Å².